The van der Waals surface area contributed by atoms with Crippen molar-refractivity contribution in [3.63, 3.8) is 0 Å². The molecule has 0 aromatic carbocycles. The summed E-state index contributed by atoms with van der Waals surface area (Å²) in [5.74, 6) is 0. The van der Waals surface area contributed by atoms with Gasteiger partial charge >= 0.3 is 0 Å². The minimum Gasteiger partial charge on any atom is -0.264 e. The van der Waals surface area contributed by atoms with Gasteiger partial charge in [-0.1, -0.05) is 0 Å². The lowest BCUT2D eigenvalue weighted by Gasteiger charge is -1.90. The van der Waals surface area contributed by atoms with Gasteiger partial charge in [0.2, 0.25) is 0 Å². The van der Waals surface area contributed by atoms with E-state index < -0.39 is 0 Å². The van der Waals surface area contributed by atoms with Crippen LogP contribution < -0.4 is 0 Å². The second-order valence-corrected chi connectivity index (χ2v) is 1.98. The molecule has 0 saturated heterocycles. The fourth-order valence-electron chi connectivity index (χ4n) is 0.856. The molecule has 0 fully saturated rings. The van der Waals surface area contributed by atoms with Gasteiger partial charge in [0.05, 0.1) is 5.52 Å². The zero-order valence-electron chi connectivity index (χ0n) is 5.28. The zero-order valence-corrected chi connectivity index (χ0v) is 5.28. The first-order valence-corrected chi connectivity index (χ1v) is 3.03. The Balaban J connectivity index is 2.89. The molecular formula is C8H5N2. The fourth-order valence-corrected chi connectivity index (χ4v) is 0.856. The number of hydrogen-bond donors (Lipinski definition) is 0. The molecule has 1 radical (unpaired) electrons. The topological polar surface area (TPSA) is 25.8 Å². The predicted octanol–water partition coefficient (Wildman–Crippen LogP) is 1.43. The Morgan fingerprint density at radius 1 is 1.30 bits per heavy atom. The molecule has 47 valence electrons. The maximum absolute atomic E-state index is 4.11. The van der Waals surface area contributed by atoms with Crippen molar-refractivity contribution in [3.8, 4) is 0 Å². The first-order chi connectivity index (χ1) is 4.97. The van der Waals surface area contributed by atoms with Crippen molar-refractivity contribution in [1.82, 2.24) is 9.97 Å². The highest BCUT2D eigenvalue weighted by Crippen LogP contribution is 2.05. The highest BCUT2D eigenvalue weighted by atomic mass is 14.7. The summed E-state index contributed by atoms with van der Waals surface area (Å²) in [6.45, 7) is 0. The van der Waals surface area contributed by atoms with Crippen LogP contribution in [0.25, 0.3) is 10.9 Å². The van der Waals surface area contributed by atoms with Gasteiger partial charge in [0.25, 0.3) is 0 Å². The van der Waals surface area contributed by atoms with E-state index in [9.17, 15) is 0 Å². The Morgan fingerprint density at radius 2 is 2.30 bits per heavy atom. The van der Waals surface area contributed by atoms with Crippen LogP contribution in [0, 0.1) is 6.07 Å². The molecule has 2 heteroatoms. The zero-order chi connectivity index (χ0) is 6.81. The van der Waals surface area contributed by atoms with Crippen LogP contribution in [0.1, 0.15) is 0 Å². The van der Waals surface area contributed by atoms with Crippen molar-refractivity contribution in [2.45, 2.75) is 0 Å². The summed E-state index contributed by atoms with van der Waals surface area (Å²) in [5.41, 5.74) is 0.942. The maximum atomic E-state index is 4.11. The number of rotatable bonds is 0. The highest BCUT2D eigenvalue weighted by Gasteiger charge is 1.88. The summed E-state index contributed by atoms with van der Waals surface area (Å²) < 4.78 is 0. The standard InChI is InChI=1S/C8H5N2/c1-2-7-6-9-5-3-8(7)10-4-1/h1,3-6H. The van der Waals surface area contributed by atoms with E-state index in [-0.39, 0.29) is 0 Å². The van der Waals surface area contributed by atoms with Gasteiger partial charge in [-0.25, -0.2) is 0 Å². The van der Waals surface area contributed by atoms with E-state index in [0.29, 0.717) is 0 Å². The molecule has 0 aliphatic heterocycles. The third kappa shape index (κ3) is 0.739. The average molecular weight is 129 g/mol. The van der Waals surface area contributed by atoms with Crippen LogP contribution in [0.15, 0.2) is 30.7 Å². The number of aromatic nitrogens is 2. The SMILES string of the molecule is [c]1ccnc2ccncc12. The minimum absolute atomic E-state index is 0.942. The molecule has 0 aliphatic carbocycles. The van der Waals surface area contributed by atoms with Gasteiger partial charge in [-0.15, -0.1) is 0 Å². The van der Waals surface area contributed by atoms with E-state index in [1.54, 1.807) is 24.7 Å². The molecule has 0 N–H and O–H groups in total. The normalized spacial score (nSPS) is 10.0. The average Bonchev–Trinajstić information content (AvgIpc) is 2.05. The van der Waals surface area contributed by atoms with Crippen molar-refractivity contribution in [3.05, 3.63) is 36.8 Å². The van der Waals surface area contributed by atoms with E-state index in [4.69, 9.17) is 0 Å². The van der Waals surface area contributed by atoms with Crippen LogP contribution in [0.5, 0.6) is 0 Å². The summed E-state index contributed by atoms with van der Waals surface area (Å²) in [5, 5.41) is 0.963. The first kappa shape index (κ1) is 5.35. The van der Waals surface area contributed by atoms with Crippen LogP contribution in [0.2, 0.25) is 0 Å². The maximum Gasteiger partial charge on any atom is 0.0739 e. The molecule has 0 saturated carbocycles. The lowest BCUT2D eigenvalue weighted by Crippen LogP contribution is -1.77. The van der Waals surface area contributed by atoms with Crippen LogP contribution in [-0.2, 0) is 0 Å². The molecule has 0 amide bonds. The molecule has 2 aromatic rings. The van der Waals surface area contributed by atoms with E-state index in [2.05, 4.69) is 16.0 Å². The fraction of sp³-hybridized carbons (Fsp3) is 0. The van der Waals surface area contributed by atoms with Gasteiger partial charge in [-0.3, -0.25) is 9.97 Å². The molecule has 0 unspecified atom stereocenters. The minimum atomic E-state index is 0.942. The van der Waals surface area contributed by atoms with Crippen molar-refractivity contribution in [1.29, 1.82) is 0 Å². The smallest absolute Gasteiger partial charge is 0.0739 e. The summed E-state index contributed by atoms with van der Waals surface area (Å²) in [4.78, 5) is 8.05. The van der Waals surface area contributed by atoms with Gasteiger partial charge in [-0.2, -0.15) is 0 Å². The Hall–Kier alpha value is -1.44. The second kappa shape index (κ2) is 2.06. The number of pyridine rings is 2. The lowest BCUT2D eigenvalue weighted by atomic mass is 10.3. The monoisotopic (exact) mass is 129 g/mol. The molecule has 0 atom stereocenters. The van der Waals surface area contributed by atoms with E-state index in [0.717, 1.165) is 10.9 Å². The van der Waals surface area contributed by atoms with E-state index in [1.807, 2.05) is 6.07 Å². The van der Waals surface area contributed by atoms with Gasteiger partial charge in [0.15, 0.2) is 0 Å². The molecular weight excluding hydrogens is 124 g/mol. The third-order valence-electron chi connectivity index (χ3n) is 1.33. The van der Waals surface area contributed by atoms with Crippen molar-refractivity contribution >= 4 is 10.9 Å². The Bertz CT molecular complexity index is 278. The summed E-state index contributed by atoms with van der Waals surface area (Å²) >= 11 is 0. The van der Waals surface area contributed by atoms with Crippen LogP contribution in [0.3, 0.4) is 0 Å². The van der Waals surface area contributed by atoms with Crippen molar-refractivity contribution in [2.24, 2.45) is 0 Å². The van der Waals surface area contributed by atoms with Crippen LogP contribution >= 0.6 is 0 Å². The van der Waals surface area contributed by atoms with Crippen LogP contribution in [0.4, 0.5) is 0 Å². The number of nitrogens with zero attached hydrogens (tertiary/aromatic N) is 2. The second-order valence-electron chi connectivity index (χ2n) is 1.98. The van der Waals surface area contributed by atoms with Gasteiger partial charge in [0, 0.05) is 24.0 Å². The van der Waals surface area contributed by atoms with E-state index in [1.165, 1.54) is 0 Å². The molecule has 0 bridgehead atoms. The van der Waals surface area contributed by atoms with Crippen molar-refractivity contribution in [2.75, 3.05) is 0 Å². The predicted molar refractivity (Wildman–Crippen MR) is 38.4 cm³/mol. The summed E-state index contributed by atoms with van der Waals surface area (Å²) in [6.07, 6.45) is 5.20. The molecule has 2 nitrogen and oxygen atoms in total. The third-order valence-corrected chi connectivity index (χ3v) is 1.33. The largest absolute Gasteiger partial charge is 0.264 e. The molecule has 2 aromatic heterocycles. The first-order valence-electron chi connectivity index (χ1n) is 3.03. The molecule has 2 rings (SSSR count). The number of hydrogen-bond acceptors (Lipinski definition) is 2. The van der Waals surface area contributed by atoms with Gasteiger partial charge in [-0.05, 0) is 18.2 Å². The molecule has 0 spiro atoms. The molecule has 10 heavy (non-hydrogen) atoms. The van der Waals surface area contributed by atoms with E-state index >= 15 is 0 Å². The van der Waals surface area contributed by atoms with Gasteiger partial charge in [0.1, 0.15) is 0 Å². The summed E-state index contributed by atoms with van der Waals surface area (Å²) in [7, 11) is 0. The van der Waals surface area contributed by atoms with Crippen molar-refractivity contribution < 1.29 is 0 Å². The Kier molecular flexibility index (Phi) is 1.10. The quantitative estimate of drug-likeness (QED) is 0.537. The Labute approximate surface area is 58.6 Å². The van der Waals surface area contributed by atoms with Gasteiger partial charge < -0.3 is 0 Å². The molecule has 2 heterocycles. The highest BCUT2D eigenvalue weighted by molar-refractivity contribution is 5.75. The Morgan fingerprint density at radius 3 is 3.20 bits per heavy atom. The number of fused-ring (bicyclic) bond motifs is 1. The summed E-state index contributed by atoms with van der Waals surface area (Å²) in [6, 6.07) is 6.67. The lowest BCUT2D eigenvalue weighted by molar-refractivity contribution is 1.32. The molecule has 0 aliphatic rings. The van der Waals surface area contributed by atoms with Crippen LogP contribution in [-0.4, -0.2) is 9.97 Å².